The number of hydrogen-bond acceptors (Lipinski definition) is 3. The molecule has 0 aliphatic heterocycles. The normalized spacial score (nSPS) is 23.5. The number of carboxylic acid groups (broad SMARTS) is 1. The van der Waals surface area contributed by atoms with Crippen LogP contribution >= 0.6 is 0 Å². The molecule has 130 valence electrons. The largest absolute Gasteiger partial charge is 0.481 e. The van der Waals surface area contributed by atoms with Crippen LogP contribution in [0.2, 0.25) is 0 Å². The Balaban J connectivity index is 1.76. The molecule has 1 aromatic rings. The second kappa shape index (κ2) is 7.47. The van der Waals surface area contributed by atoms with Crippen molar-refractivity contribution >= 4 is 23.4 Å². The van der Waals surface area contributed by atoms with Crippen LogP contribution in [-0.4, -0.2) is 22.8 Å². The van der Waals surface area contributed by atoms with E-state index in [1.165, 1.54) is 0 Å². The molecule has 1 aliphatic carbocycles. The van der Waals surface area contributed by atoms with Crippen molar-refractivity contribution in [3.63, 3.8) is 0 Å². The van der Waals surface area contributed by atoms with Crippen LogP contribution in [0.1, 0.15) is 51.0 Å². The summed E-state index contributed by atoms with van der Waals surface area (Å²) in [6.07, 6.45) is 4.31. The molecule has 6 nitrogen and oxygen atoms in total. The molecule has 1 saturated carbocycles. The monoisotopic (exact) mass is 331 g/mol. The highest BCUT2D eigenvalue weighted by molar-refractivity contribution is 5.96. The van der Waals surface area contributed by atoms with Gasteiger partial charge >= 0.3 is 5.97 Å². The standard InChI is InChI=1S/C18H25N3O3/c1-18(17(23)24)10-8-12(9-11-18)2-7-15(22)21-14-5-3-13(4-6-14)16(19)20/h3-6,12H,2,7-11H2,1H3,(H3,19,20)(H,21,22)(H,23,24). The van der Waals surface area contributed by atoms with Gasteiger partial charge in [0.05, 0.1) is 5.41 Å². The lowest BCUT2D eigenvalue weighted by Crippen LogP contribution is -2.32. The van der Waals surface area contributed by atoms with Gasteiger partial charge in [0.15, 0.2) is 0 Å². The highest BCUT2D eigenvalue weighted by atomic mass is 16.4. The average molecular weight is 331 g/mol. The van der Waals surface area contributed by atoms with Gasteiger partial charge in [0.1, 0.15) is 5.84 Å². The second-order valence-electron chi connectivity index (χ2n) is 6.89. The van der Waals surface area contributed by atoms with Gasteiger partial charge in [0.25, 0.3) is 0 Å². The summed E-state index contributed by atoms with van der Waals surface area (Å²) in [5, 5.41) is 19.4. The predicted octanol–water partition coefficient (Wildman–Crippen LogP) is 2.97. The number of aliphatic carboxylic acids is 1. The third-order valence-electron chi connectivity index (χ3n) is 4.98. The summed E-state index contributed by atoms with van der Waals surface area (Å²) < 4.78 is 0. The zero-order chi connectivity index (χ0) is 17.7. The quantitative estimate of drug-likeness (QED) is 0.473. The summed E-state index contributed by atoms with van der Waals surface area (Å²) in [5.74, 6) is -0.341. The number of hydrogen-bond donors (Lipinski definition) is 4. The Kier molecular flexibility index (Phi) is 5.59. The minimum absolute atomic E-state index is 0.00136. The Bertz CT molecular complexity index is 617. The molecule has 1 amide bonds. The first-order valence-corrected chi connectivity index (χ1v) is 8.28. The van der Waals surface area contributed by atoms with E-state index in [4.69, 9.17) is 11.1 Å². The Hall–Kier alpha value is -2.37. The smallest absolute Gasteiger partial charge is 0.309 e. The molecule has 1 aliphatic rings. The Labute approximate surface area is 141 Å². The molecular formula is C18H25N3O3. The minimum atomic E-state index is -0.715. The molecular weight excluding hydrogens is 306 g/mol. The van der Waals surface area contributed by atoms with E-state index >= 15 is 0 Å². The molecule has 5 N–H and O–H groups in total. The van der Waals surface area contributed by atoms with Gasteiger partial charge in [-0.3, -0.25) is 15.0 Å². The van der Waals surface area contributed by atoms with Crippen molar-refractivity contribution in [2.75, 3.05) is 5.32 Å². The fourth-order valence-electron chi connectivity index (χ4n) is 3.11. The van der Waals surface area contributed by atoms with Crippen LogP contribution in [0.5, 0.6) is 0 Å². The van der Waals surface area contributed by atoms with E-state index < -0.39 is 11.4 Å². The van der Waals surface area contributed by atoms with Crippen molar-refractivity contribution in [3.8, 4) is 0 Å². The number of carboxylic acids is 1. The van der Waals surface area contributed by atoms with Gasteiger partial charge in [-0.15, -0.1) is 0 Å². The third kappa shape index (κ3) is 4.57. The number of nitrogens with one attached hydrogen (secondary N) is 2. The molecule has 0 unspecified atom stereocenters. The first-order chi connectivity index (χ1) is 11.3. The number of nitrogens with two attached hydrogens (primary N) is 1. The number of amides is 1. The van der Waals surface area contributed by atoms with E-state index in [0.717, 1.165) is 19.3 Å². The summed E-state index contributed by atoms with van der Waals surface area (Å²) in [6.45, 7) is 1.81. The van der Waals surface area contributed by atoms with Crippen molar-refractivity contribution in [2.45, 2.75) is 45.4 Å². The molecule has 0 radical (unpaired) electrons. The summed E-state index contributed by atoms with van der Waals surface area (Å²) in [4.78, 5) is 23.3. The maximum Gasteiger partial charge on any atom is 0.309 e. The lowest BCUT2D eigenvalue weighted by atomic mass is 9.71. The van der Waals surface area contributed by atoms with Crippen LogP contribution in [0, 0.1) is 16.7 Å². The van der Waals surface area contributed by atoms with E-state index in [1.807, 2.05) is 6.92 Å². The molecule has 0 atom stereocenters. The predicted molar refractivity (Wildman–Crippen MR) is 93.0 cm³/mol. The van der Waals surface area contributed by atoms with Gasteiger partial charge in [0.2, 0.25) is 5.91 Å². The molecule has 0 heterocycles. The van der Waals surface area contributed by atoms with Crippen molar-refractivity contribution in [1.29, 1.82) is 5.41 Å². The molecule has 24 heavy (non-hydrogen) atoms. The van der Waals surface area contributed by atoms with Gasteiger partial charge in [-0.2, -0.15) is 0 Å². The summed E-state index contributed by atoms with van der Waals surface area (Å²) >= 11 is 0. The van der Waals surface area contributed by atoms with E-state index in [0.29, 0.717) is 36.4 Å². The first-order valence-electron chi connectivity index (χ1n) is 8.28. The van der Waals surface area contributed by atoms with E-state index in [1.54, 1.807) is 24.3 Å². The van der Waals surface area contributed by atoms with Crippen molar-refractivity contribution < 1.29 is 14.7 Å². The summed E-state index contributed by atoms with van der Waals surface area (Å²) in [7, 11) is 0. The lowest BCUT2D eigenvalue weighted by Gasteiger charge is -2.33. The van der Waals surface area contributed by atoms with Crippen LogP contribution in [0.25, 0.3) is 0 Å². The third-order valence-corrected chi connectivity index (χ3v) is 4.98. The topological polar surface area (TPSA) is 116 Å². The fourth-order valence-corrected chi connectivity index (χ4v) is 3.11. The van der Waals surface area contributed by atoms with Crippen LogP contribution in [0.15, 0.2) is 24.3 Å². The van der Waals surface area contributed by atoms with Gasteiger partial charge in [-0.25, -0.2) is 0 Å². The zero-order valence-corrected chi connectivity index (χ0v) is 14.0. The number of anilines is 1. The second-order valence-corrected chi connectivity index (χ2v) is 6.89. The van der Waals surface area contributed by atoms with Crippen LogP contribution in [-0.2, 0) is 9.59 Å². The zero-order valence-electron chi connectivity index (χ0n) is 14.0. The summed E-state index contributed by atoms with van der Waals surface area (Å²) in [5.41, 5.74) is 6.10. The molecule has 1 aromatic carbocycles. The average Bonchev–Trinajstić information content (AvgIpc) is 2.55. The maximum atomic E-state index is 12.0. The van der Waals surface area contributed by atoms with Crippen LogP contribution < -0.4 is 11.1 Å². The fraction of sp³-hybridized carbons (Fsp3) is 0.500. The number of carbonyl (C=O) groups is 2. The van der Waals surface area contributed by atoms with Gasteiger partial charge in [-0.05, 0) is 69.2 Å². The molecule has 0 aromatic heterocycles. The van der Waals surface area contributed by atoms with Crippen LogP contribution in [0.4, 0.5) is 5.69 Å². The Morgan fingerprint density at radius 3 is 2.38 bits per heavy atom. The highest BCUT2D eigenvalue weighted by Crippen LogP contribution is 2.40. The van der Waals surface area contributed by atoms with Gasteiger partial charge in [0, 0.05) is 17.7 Å². The number of rotatable bonds is 6. The Morgan fingerprint density at radius 1 is 1.29 bits per heavy atom. The molecule has 0 spiro atoms. The van der Waals surface area contributed by atoms with Crippen molar-refractivity contribution in [1.82, 2.24) is 0 Å². The van der Waals surface area contributed by atoms with Crippen molar-refractivity contribution in [3.05, 3.63) is 29.8 Å². The molecule has 6 heteroatoms. The SMILES string of the molecule is CC1(C(=O)O)CCC(CCC(=O)Nc2ccc(C(=N)N)cc2)CC1. The van der Waals surface area contributed by atoms with E-state index in [9.17, 15) is 14.7 Å². The number of carbonyl (C=O) groups excluding carboxylic acids is 1. The molecule has 2 rings (SSSR count). The van der Waals surface area contributed by atoms with Crippen LogP contribution in [0.3, 0.4) is 0 Å². The number of benzene rings is 1. The van der Waals surface area contributed by atoms with E-state index in [2.05, 4.69) is 5.32 Å². The van der Waals surface area contributed by atoms with E-state index in [-0.39, 0.29) is 11.7 Å². The summed E-state index contributed by atoms with van der Waals surface area (Å²) in [6, 6.07) is 6.86. The lowest BCUT2D eigenvalue weighted by molar-refractivity contribution is -0.150. The highest BCUT2D eigenvalue weighted by Gasteiger charge is 2.37. The molecule has 0 bridgehead atoms. The number of nitrogen functional groups attached to an aromatic ring is 1. The van der Waals surface area contributed by atoms with Crippen molar-refractivity contribution in [2.24, 2.45) is 17.1 Å². The van der Waals surface area contributed by atoms with Gasteiger partial charge in [-0.1, -0.05) is 0 Å². The molecule has 1 fully saturated rings. The maximum absolute atomic E-state index is 12.0. The molecule has 0 saturated heterocycles. The number of amidine groups is 1. The Morgan fingerprint density at radius 2 is 1.88 bits per heavy atom. The van der Waals surface area contributed by atoms with Gasteiger partial charge < -0.3 is 16.2 Å². The first kappa shape index (κ1) is 18.0. The minimum Gasteiger partial charge on any atom is -0.481 e.